The minimum atomic E-state index is -3.75. The van der Waals surface area contributed by atoms with E-state index in [1.807, 2.05) is 10.8 Å². The number of nitrogens with one attached hydrogen (secondary N) is 2. The van der Waals surface area contributed by atoms with E-state index in [4.69, 9.17) is 4.74 Å². The molecule has 0 spiro atoms. The first-order valence-corrected chi connectivity index (χ1v) is 10.6. The lowest BCUT2D eigenvalue weighted by molar-refractivity contribution is -0.139. The maximum absolute atomic E-state index is 12.7. The summed E-state index contributed by atoms with van der Waals surface area (Å²) in [5.41, 5.74) is 0. The highest BCUT2D eigenvalue weighted by Gasteiger charge is 2.36. The van der Waals surface area contributed by atoms with Gasteiger partial charge in [-0.05, 0) is 18.6 Å². The predicted molar refractivity (Wildman–Crippen MR) is 103 cm³/mol. The highest BCUT2D eigenvalue weighted by Crippen LogP contribution is 2.21. The zero-order valence-corrected chi connectivity index (χ0v) is 16.5. The van der Waals surface area contributed by atoms with Gasteiger partial charge in [-0.2, -0.15) is 4.31 Å². The van der Waals surface area contributed by atoms with Crippen molar-refractivity contribution in [1.82, 2.24) is 24.5 Å². The number of sulfonamides is 1. The summed E-state index contributed by atoms with van der Waals surface area (Å²) < 4.78 is 34.0. The predicted octanol–water partition coefficient (Wildman–Crippen LogP) is -0.447. The van der Waals surface area contributed by atoms with Crippen LogP contribution in [-0.4, -0.2) is 66.6 Å². The minimum Gasteiger partial charge on any atom is -0.359 e. The maximum atomic E-state index is 12.7. The van der Waals surface area contributed by atoms with Gasteiger partial charge in [0.05, 0.1) is 24.4 Å². The van der Waals surface area contributed by atoms with Crippen molar-refractivity contribution in [1.29, 1.82) is 0 Å². The van der Waals surface area contributed by atoms with Crippen molar-refractivity contribution < 1.29 is 22.7 Å². The SMILES string of the molecule is O=C(NCCCn1ccnc1)C(=O)NC[C@@H]1OCCN1S(=O)(=O)c1ccccc1. The summed E-state index contributed by atoms with van der Waals surface area (Å²) in [6.45, 7) is 1.28. The molecule has 0 bridgehead atoms. The van der Waals surface area contributed by atoms with Gasteiger partial charge in [-0.25, -0.2) is 13.4 Å². The standard InChI is InChI=1S/C18H23N5O5S/c24-17(20-7-4-9-22-10-8-19-14-22)18(25)21-13-16-23(11-12-28-16)29(26,27)15-5-2-1-3-6-15/h1-3,5-6,8,10,14,16H,4,7,9,11-13H2,(H,20,24)(H,21,25)/t16-/m0/s1. The second-order valence-corrected chi connectivity index (χ2v) is 8.26. The first kappa shape index (κ1) is 21.0. The van der Waals surface area contributed by atoms with Gasteiger partial charge in [-0.1, -0.05) is 18.2 Å². The molecule has 2 amide bonds. The van der Waals surface area contributed by atoms with E-state index in [0.717, 1.165) is 0 Å². The van der Waals surface area contributed by atoms with Crippen LogP contribution in [-0.2, 0) is 30.9 Å². The number of carbonyl (C=O) groups is 2. The zero-order valence-electron chi connectivity index (χ0n) is 15.7. The van der Waals surface area contributed by atoms with E-state index in [2.05, 4.69) is 15.6 Å². The highest BCUT2D eigenvalue weighted by atomic mass is 32.2. The molecule has 10 nitrogen and oxygen atoms in total. The molecule has 0 aliphatic carbocycles. The Morgan fingerprint density at radius 2 is 1.93 bits per heavy atom. The maximum Gasteiger partial charge on any atom is 0.309 e. The molecule has 0 radical (unpaired) electrons. The molecule has 156 valence electrons. The fraction of sp³-hybridized carbons (Fsp3) is 0.389. The summed E-state index contributed by atoms with van der Waals surface area (Å²) in [7, 11) is -3.75. The molecule has 2 aromatic rings. The lowest BCUT2D eigenvalue weighted by Gasteiger charge is -2.22. The average molecular weight is 421 g/mol. The zero-order chi connectivity index (χ0) is 20.7. The number of benzene rings is 1. The van der Waals surface area contributed by atoms with Crippen LogP contribution in [0.4, 0.5) is 0 Å². The van der Waals surface area contributed by atoms with Gasteiger partial charge < -0.3 is 19.9 Å². The van der Waals surface area contributed by atoms with Gasteiger partial charge in [0, 0.05) is 32.0 Å². The van der Waals surface area contributed by atoms with Crippen LogP contribution in [0.3, 0.4) is 0 Å². The Labute approximate surface area is 168 Å². The number of carbonyl (C=O) groups excluding carboxylic acids is 2. The molecule has 1 fully saturated rings. The monoisotopic (exact) mass is 421 g/mol. The van der Waals surface area contributed by atoms with Crippen molar-refractivity contribution in [2.75, 3.05) is 26.2 Å². The van der Waals surface area contributed by atoms with Crippen LogP contribution in [0.5, 0.6) is 0 Å². The van der Waals surface area contributed by atoms with E-state index >= 15 is 0 Å². The smallest absolute Gasteiger partial charge is 0.309 e. The Hall–Kier alpha value is -2.76. The first-order valence-electron chi connectivity index (χ1n) is 9.19. The second kappa shape index (κ2) is 9.63. The average Bonchev–Trinajstić information content (AvgIpc) is 3.42. The van der Waals surface area contributed by atoms with Gasteiger partial charge >= 0.3 is 11.8 Å². The van der Waals surface area contributed by atoms with Gasteiger partial charge in [0.25, 0.3) is 0 Å². The molecule has 2 N–H and O–H groups in total. The van der Waals surface area contributed by atoms with Crippen LogP contribution in [0.1, 0.15) is 6.42 Å². The number of nitrogens with zero attached hydrogens (tertiary/aromatic N) is 3. The molecule has 1 saturated heterocycles. The molecule has 1 aliphatic heterocycles. The quantitative estimate of drug-likeness (QED) is 0.440. The third-order valence-corrected chi connectivity index (χ3v) is 6.28. The summed E-state index contributed by atoms with van der Waals surface area (Å²) in [4.78, 5) is 28.0. The van der Waals surface area contributed by atoms with E-state index in [0.29, 0.717) is 19.5 Å². The number of aromatic nitrogens is 2. The van der Waals surface area contributed by atoms with Gasteiger partial charge in [0.2, 0.25) is 10.0 Å². The number of ether oxygens (including phenoxy) is 1. The van der Waals surface area contributed by atoms with Crippen molar-refractivity contribution in [2.24, 2.45) is 0 Å². The van der Waals surface area contributed by atoms with Crippen LogP contribution in [0, 0.1) is 0 Å². The topological polar surface area (TPSA) is 123 Å². The van der Waals surface area contributed by atoms with Crippen LogP contribution >= 0.6 is 0 Å². The molecule has 1 aliphatic rings. The lowest BCUT2D eigenvalue weighted by Crippen LogP contribution is -2.47. The molecular weight excluding hydrogens is 398 g/mol. The fourth-order valence-electron chi connectivity index (χ4n) is 2.89. The normalized spacial score (nSPS) is 17.2. The number of imidazole rings is 1. The number of aryl methyl sites for hydroxylation is 1. The third-order valence-electron chi connectivity index (χ3n) is 4.37. The van der Waals surface area contributed by atoms with E-state index in [1.54, 1.807) is 30.7 Å². The van der Waals surface area contributed by atoms with Crippen molar-refractivity contribution in [2.45, 2.75) is 24.1 Å². The molecule has 3 rings (SSSR count). The van der Waals surface area contributed by atoms with Gasteiger partial charge in [0.15, 0.2) is 0 Å². The summed E-state index contributed by atoms with van der Waals surface area (Å²) in [6.07, 6.45) is 4.93. The summed E-state index contributed by atoms with van der Waals surface area (Å²) in [5, 5.41) is 4.97. The van der Waals surface area contributed by atoms with Crippen molar-refractivity contribution >= 4 is 21.8 Å². The lowest BCUT2D eigenvalue weighted by atomic mass is 10.4. The largest absolute Gasteiger partial charge is 0.359 e. The Kier molecular flexibility index (Phi) is 6.96. The van der Waals surface area contributed by atoms with Crippen LogP contribution in [0.15, 0.2) is 53.9 Å². The highest BCUT2D eigenvalue weighted by molar-refractivity contribution is 7.89. The molecular formula is C18H23N5O5S. The molecule has 2 heterocycles. The molecule has 1 aromatic heterocycles. The fourth-order valence-corrected chi connectivity index (χ4v) is 4.42. The number of amides is 2. The van der Waals surface area contributed by atoms with E-state index in [-0.39, 0.29) is 24.6 Å². The Morgan fingerprint density at radius 3 is 2.66 bits per heavy atom. The number of rotatable bonds is 8. The Bertz CT molecular complexity index is 917. The second-order valence-electron chi connectivity index (χ2n) is 6.37. The van der Waals surface area contributed by atoms with E-state index in [9.17, 15) is 18.0 Å². The molecule has 0 saturated carbocycles. The molecule has 0 unspecified atom stereocenters. The summed E-state index contributed by atoms with van der Waals surface area (Å²) >= 11 is 0. The minimum absolute atomic E-state index is 0.118. The number of hydrogen-bond donors (Lipinski definition) is 2. The van der Waals surface area contributed by atoms with E-state index in [1.165, 1.54) is 16.4 Å². The van der Waals surface area contributed by atoms with Crippen molar-refractivity contribution in [3.8, 4) is 0 Å². The van der Waals surface area contributed by atoms with E-state index < -0.39 is 28.1 Å². The molecule has 1 atom stereocenters. The third kappa shape index (κ3) is 5.40. The van der Waals surface area contributed by atoms with Crippen LogP contribution in [0.2, 0.25) is 0 Å². The summed E-state index contributed by atoms with van der Waals surface area (Å²) in [6, 6.07) is 8.00. The first-order chi connectivity index (χ1) is 14.0. The summed E-state index contributed by atoms with van der Waals surface area (Å²) in [5.74, 6) is -1.61. The van der Waals surface area contributed by atoms with Crippen LogP contribution in [0.25, 0.3) is 0 Å². The molecule has 29 heavy (non-hydrogen) atoms. The molecule has 1 aromatic carbocycles. The Morgan fingerprint density at radius 1 is 1.17 bits per heavy atom. The van der Waals surface area contributed by atoms with Gasteiger partial charge in [-0.15, -0.1) is 0 Å². The molecule has 11 heteroatoms. The van der Waals surface area contributed by atoms with Crippen molar-refractivity contribution in [3.63, 3.8) is 0 Å². The van der Waals surface area contributed by atoms with Gasteiger partial charge in [0.1, 0.15) is 6.23 Å². The number of hydrogen-bond acceptors (Lipinski definition) is 6. The van der Waals surface area contributed by atoms with Crippen LogP contribution < -0.4 is 10.6 Å². The van der Waals surface area contributed by atoms with Crippen molar-refractivity contribution in [3.05, 3.63) is 49.1 Å². The Balaban J connectivity index is 1.45. The van der Waals surface area contributed by atoms with Gasteiger partial charge in [-0.3, -0.25) is 9.59 Å².